The van der Waals surface area contributed by atoms with Crippen molar-refractivity contribution in [1.82, 2.24) is 15.6 Å². The van der Waals surface area contributed by atoms with Gasteiger partial charge in [0.15, 0.2) is 6.61 Å². The first kappa shape index (κ1) is 21.0. The van der Waals surface area contributed by atoms with Crippen LogP contribution in [-0.4, -0.2) is 42.5 Å². The third-order valence-electron chi connectivity index (χ3n) is 4.36. The first-order valence-corrected chi connectivity index (χ1v) is 9.74. The fourth-order valence-electron chi connectivity index (χ4n) is 2.87. The summed E-state index contributed by atoms with van der Waals surface area (Å²) in [6, 6.07) is 18.4. The minimum absolute atomic E-state index is 0.160. The summed E-state index contributed by atoms with van der Waals surface area (Å²) < 4.78 is 5.19. The van der Waals surface area contributed by atoms with Crippen molar-refractivity contribution in [3.8, 4) is 11.3 Å². The maximum Gasteiger partial charge on any atom is 0.339 e. The third-order valence-corrected chi connectivity index (χ3v) is 4.36. The van der Waals surface area contributed by atoms with Crippen LogP contribution in [0.4, 0.5) is 0 Å². The van der Waals surface area contributed by atoms with E-state index in [0.717, 1.165) is 12.0 Å². The molecule has 0 aliphatic rings. The van der Waals surface area contributed by atoms with Crippen LogP contribution in [0.5, 0.6) is 0 Å². The molecule has 0 aliphatic carbocycles. The van der Waals surface area contributed by atoms with Crippen LogP contribution >= 0.6 is 0 Å². The maximum atomic E-state index is 12.7. The summed E-state index contributed by atoms with van der Waals surface area (Å²) in [4.78, 5) is 40.8. The molecule has 2 N–H and O–H groups in total. The van der Waals surface area contributed by atoms with Crippen LogP contribution in [0.3, 0.4) is 0 Å². The normalized spacial score (nSPS) is 10.4. The van der Waals surface area contributed by atoms with Crippen molar-refractivity contribution in [3.05, 3.63) is 66.2 Å². The van der Waals surface area contributed by atoms with Gasteiger partial charge in [-0.2, -0.15) is 0 Å². The van der Waals surface area contributed by atoms with Crippen molar-refractivity contribution in [2.45, 2.75) is 13.3 Å². The van der Waals surface area contributed by atoms with Gasteiger partial charge in [-0.05, 0) is 18.6 Å². The summed E-state index contributed by atoms with van der Waals surface area (Å²) in [6.07, 6.45) is 0.808. The summed E-state index contributed by atoms with van der Waals surface area (Å²) in [7, 11) is 0. The average molecular weight is 405 g/mol. The second-order valence-corrected chi connectivity index (χ2v) is 6.64. The van der Waals surface area contributed by atoms with E-state index in [1.807, 2.05) is 55.5 Å². The summed E-state index contributed by atoms with van der Waals surface area (Å²) in [5.41, 5.74) is 2.49. The minimum Gasteiger partial charge on any atom is -0.452 e. The minimum atomic E-state index is -0.628. The zero-order chi connectivity index (χ0) is 21.3. The molecule has 0 radical (unpaired) electrons. The van der Waals surface area contributed by atoms with E-state index < -0.39 is 18.5 Å². The van der Waals surface area contributed by atoms with E-state index in [0.29, 0.717) is 28.7 Å². The topological polar surface area (TPSA) is 97.4 Å². The lowest BCUT2D eigenvalue weighted by Gasteiger charge is -2.10. The quantitative estimate of drug-likeness (QED) is 0.562. The molecule has 7 heteroatoms. The predicted molar refractivity (Wildman–Crippen MR) is 114 cm³/mol. The Labute approximate surface area is 174 Å². The van der Waals surface area contributed by atoms with Gasteiger partial charge in [0.1, 0.15) is 0 Å². The van der Waals surface area contributed by atoms with Crippen LogP contribution in [0, 0.1) is 0 Å². The molecule has 0 unspecified atom stereocenters. The number of fused-ring (bicyclic) bond motifs is 1. The highest BCUT2D eigenvalue weighted by atomic mass is 16.5. The molecule has 0 saturated carbocycles. The van der Waals surface area contributed by atoms with Crippen LogP contribution < -0.4 is 10.6 Å². The molecule has 1 heterocycles. The van der Waals surface area contributed by atoms with Gasteiger partial charge in [0.25, 0.3) is 5.91 Å². The Kier molecular flexibility index (Phi) is 7.10. The van der Waals surface area contributed by atoms with Gasteiger partial charge in [0, 0.05) is 17.5 Å². The number of amides is 2. The van der Waals surface area contributed by atoms with Gasteiger partial charge in [-0.3, -0.25) is 9.59 Å². The maximum absolute atomic E-state index is 12.7. The van der Waals surface area contributed by atoms with Crippen LogP contribution in [0.1, 0.15) is 23.7 Å². The van der Waals surface area contributed by atoms with E-state index >= 15 is 0 Å². The van der Waals surface area contributed by atoms with Crippen LogP contribution in [-0.2, 0) is 14.3 Å². The van der Waals surface area contributed by atoms with E-state index in [2.05, 4.69) is 15.6 Å². The second-order valence-electron chi connectivity index (χ2n) is 6.64. The van der Waals surface area contributed by atoms with Gasteiger partial charge in [0.2, 0.25) is 5.91 Å². The Bertz CT molecular complexity index is 1050. The van der Waals surface area contributed by atoms with Crippen LogP contribution in [0.15, 0.2) is 60.7 Å². The highest BCUT2D eigenvalue weighted by Crippen LogP contribution is 2.25. The number of nitrogens with one attached hydrogen (secondary N) is 2. The van der Waals surface area contributed by atoms with E-state index in [1.54, 1.807) is 12.1 Å². The number of aromatic nitrogens is 1. The van der Waals surface area contributed by atoms with E-state index in [9.17, 15) is 14.4 Å². The van der Waals surface area contributed by atoms with Gasteiger partial charge >= 0.3 is 5.97 Å². The molecule has 154 valence electrons. The first-order chi connectivity index (χ1) is 14.6. The molecule has 3 aromatic rings. The Morgan fingerprint density at radius 1 is 0.933 bits per heavy atom. The standard InChI is InChI=1S/C23H23N3O4/c1-2-12-24-21(27)14-25-22(28)15-30-23(29)18-13-20(16-8-4-3-5-9-16)26-19-11-7-6-10-17(18)19/h3-11,13H,2,12,14-15H2,1H3,(H,24,27)(H,25,28). The fraction of sp³-hybridized carbons (Fsp3) is 0.217. The Morgan fingerprint density at radius 2 is 1.67 bits per heavy atom. The zero-order valence-corrected chi connectivity index (χ0v) is 16.7. The van der Waals surface area contributed by atoms with E-state index in [4.69, 9.17) is 4.74 Å². The molecule has 0 aliphatic heterocycles. The molecule has 2 aromatic carbocycles. The fourth-order valence-corrected chi connectivity index (χ4v) is 2.87. The number of esters is 1. The number of hydrogen-bond acceptors (Lipinski definition) is 5. The molecule has 0 atom stereocenters. The van der Waals surface area contributed by atoms with Crippen molar-refractivity contribution in [1.29, 1.82) is 0 Å². The van der Waals surface area contributed by atoms with E-state index in [1.165, 1.54) is 0 Å². The lowest BCUT2D eigenvalue weighted by Crippen LogP contribution is -2.38. The van der Waals surface area contributed by atoms with Crippen LogP contribution in [0.2, 0.25) is 0 Å². The average Bonchev–Trinajstić information content (AvgIpc) is 2.79. The molecule has 0 bridgehead atoms. The Hall–Kier alpha value is -3.74. The number of carbonyl (C=O) groups excluding carboxylic acids is 3. The van der Waals surface area contributed by atoms with Crippen molar-refractivity contribution in [2.75, 3.05) is 19.7 Å². The van der Waals surface area contributed by atoms with Crippen molar-refractivity contribution in [3.63, 3.8) is 0 Å². The molecule has 0 saturated heterocycles. The molecule has 3 rings (SSSR count). The van der Waals surface area contributed by atoms with Gasteiger partial charge in [0.05, 0.1) is 23.3 Å². The molecule has 0 spiro atoms. The van der Waals surface area contributed by atoms with Crippen LogP contribution in [0.25, 0.3) is 22.2 Å². The number of pyridine rings is 1. The molecular formula is C23H23N3O4. The smallest absolute Gasteiger partial charge is 0.339 e. The predicted octanol–water partition coefficient (Wildman–Crippen LogP) is 2.70. The summed E-state index contributed by atoms with van der Waals surface area (Å²) in [6.45, 7) is 1.84. The molecule has 2 amide bonds. The number of rotatable bonds is 8. The largest absolute Gasteiger partial charge is 0.452 e. The number of nitrogens with zero attached hydrogens (tertiary/aromatic N) is 1. The summed E-state index contributed by atoms with van der Waals surface area (Å²) in [5.74, 6) is -1.46. The summed E-state index contributed by atoms with van der Waals surface area (Å²) in [5, 5.41) is 5.72. The molecule has 1 aromatic heterocycles. The Balaban J connectivity index is 1.71. The zero-order valence-electron chi connectivity index (χ0n) is 16.7. The molecule has 7 nitrogen and oxygen atoms in total. The first-order valence-electron chi connectivity index (χ1n) is 9.74. The Morgan fingerprint density at radius 3 is 2.43 bits per heavy atom. The molecule has 0 fully saturated rings. The third kappa shape index (κ3) is 5.41. The van der Waals surface area contributed by atoms with Gasteiger partial charge in [-0.15, -0.1) is 0 Å². The monoisotopic (exact) mass is 405 g/mol. The van der Waals surface area contributed by atoms with Gasteiger partial charge in [-0.1, -0.05) is 55.5 Å². The van der Waals surface area contributed by atoms with Gasteiger partial charge in [-0.25, -0.2) is 9.78 Å². The number of para-hydroxylation sites is 1. The van der Waals surface area contributed by atoms with Crippen molar-refractivity contribution in [2.24, 2.45) is 0 Å². The number of carbonyl (C=O) groups is 3. The lowest BCUT2D eigenvalue weighted by atomic mass is 10.0. The number of benzene rings is 2. The highest BCUT2D eigenvalue weighted by Gasteiger charge is 2.16. The van der Waals surface area contributed by atoms with E-state index in [-0.39, 0.29) is 12.5 Å². The van der Waals surface area contributed by atoms with Crippen molar-refractivity contribution < 1.29 is 19.1 Å². The molecule has 30 heavy (non-hydrogen) atoms. The summed E-state index contributed by atoms with van der Waals surface area (Å²) >= 11 is 0. The molecular weight excluding hydrogens is 382 g/mol. The lowest BCUT2D eigenvalue weighted by molar-refractivity contribution is -0.127. The van der Waals surface area contributed by atoms with Gasteiger partial charge < -0.3 is 15.4 Å². The second kappa shape index (κ2) is 10.2. The SMILES string of the molecule is CCCNC(=O)CNC(=O)COC(=O)c1cc(-c2ccccc2)nc2ccccc12. The highest BCUT2D eigenvalue weighted by molar-refractivity contribution is 6.05. The van der Waals surface area contributed by atoms with Crippen molar-refractivity contribution >= 4 is 28.7 Å². The number of ether oxygens (including phenoxy) is 1. The number of hydrogen-bond donors (Lipinski definition) is 2.